The van der Waals surface area contributed by atoms with Gasteiger partial charge >= 0.3 is 5.97 Å². The van der Waals surface area contributed by atoms with Crippen molar-refractivity contribution in [2.45, 2.75) is 65.3 Å². The van der Waals surface area contributed by atoms with Crippen LogP contribution in [0, 0.1) is 20.8 Å². The van der Waals surface area contributed by atoms with E-state index in [0.717, 1.165) is 36.2 Å². The molecular weight excluding hydrogens is 396 g/mol. The highest BCUT2D eigenvalue weighted by Gasteiger charge is 2.42. The Hall–Kier alpha value is -3.16. The normalized spacial score (nSPS) is 15.2. The third-order valence-electron chi connectivity index (χ3n) is 5.68. The van der Waals surface area contributed by atoms with Gasteiger partial charge in [-0.1, -0.05) is 37.0 Å². The first-order valence-electron chi connectivity index (χ1n) is 10.6. The number of rotatable bonds is 6. The van der Waals surface area contributed by atoms with Crippen LogP contribution in [-0.4, -0.2) is 39.7 Å². The monoisotopic (exact) mass is 426 g/mol. The second kappa shape index (κ2) is 9.32. The third kappa shape index (κ3) is 5.13. The molecule has 0 unspecified atom stereocenters. The lowest BCUT2D eigenvalue weighted by Gasteiger charge is -2.35. The fourth-order valence-corrected chi connectivity index (χ4v) is 4.08. The van der Waals surface area contributed by atoms with Crippen molar-refractivity contribution in [1.29, 1.82) is 0 Å². The predicted molar refractivity (Wildman–Crippen MR) is 117 cm³/mol. The van der Waals surface area contributed by atoms with Crippen LogP contribution in [0.5, 0.6) is 0 Å². The molecule has 1 heterocycles. The van der Waals surface area contributed by atoms with Gasteiger partial charge in [0, 0.05) is 6.92 Å². The standard InChI is InChI=1S/C23H30N4O4/c1-15-8-10-19(11-9-15)27-17(3)21(16(2)26-27)24-20(29)14-31-22(30)23(25-18(4)28)12-6-5-7-13-23/h8-11H,5-7,12-14H2,1-4H3,(H,24,29)(H,25,28). The molecule has 1 aliphatic rings. The number of nitrogens with one attached hydrogen (secondary N) is 2. The van der Waals surface area contributed by atoms with Gasteiger partial charge in [0.25, 0.3) is 5.91 Å². The molecule has 8 nitrogen and oxygen atoms in total. The van der Waals surface area contributed by atoms with Crippen LogP contribution in [0.15, 0.2) is 24.3 Å². The minimum Gasteiger partial charge on any atom is -0.454 e. The smallest absolute Gasteiger partial charge is 0.332 e. The number of aryl methyl sites for hydroxylation is 2. The number of aromatic nitrogens is 2. The molecule has 1 fully saturated rings. The first-order valence-corrected chi connectivity index (χ1v) is 10.6. The van der Waals surface area contributed by atoms with Gasteiger partial charge in [-0.15, -0.1) is 0 Å². The Labute approximate surface area is 182 Å². The van der Waals surface area contributed by atoms with E-state index in [1.807, 2.05) is 45.0 Å². The summed E-state index contributed by atoms with van der Waals surface area (Å²) in [7, 11) is 0. The molecule has 0 atom stereocenters. The van der Waals surface area contributed by atoms with Gasteiger partial charge in [-0.25, -0.2) is 9.48 Å². The first-order chi connectivity index (χ1) is 14.7. The summed E-state index contributed by atoms with van der Waals surface area (Å²) in [4.78, 5) is 36.8. The van der Waals surface area contributed by atoms with Crippen molar-refractivity contribution in [2.24, 2.45) is 0 Å². The van der Waals surface area contributed by atoms with Gasteiger partial charge in [0.1, 0.15) is 5.54 Å². The van der Waals surface area contributed by atoms with E-state index >= 15 is 0 Å². The van der Waals surface area contributed by atoms with Crippen LogP contribution in [0.25, 0.3) is 5.69 Å². The zero-order valence-electron chi connectivity index (χ0n) is 18.6. The van der Waals surface area contributed by atoms with Crippen LogP contribution in [-0.2, 0) is 19.1 Å². The van der Waals surface area contributed by atoms with Gasteiger partial charge in [-0.2, -0.15) is 5.10 Å². The molecule has 1 aromatic heterocycles. The minimum atomic E-state index is -1.04. The summed E-state index contributed by atoms with van der Waals surface area (Å²) in [5.41, 5.74) is 3.05. The molecule has 0 bridgehead atoms. The van der Waals surface area contributed by atoms with Gasteiger partial charge < -0.3 is 15.4 Å². The number of carbonyl (C=O) groups is 3. The maximum atomic E-state index is 12.7. The Kier molecular flexibility index (Phi) is 6.77. The maximum absolute atomic E-state index is 12.7. The van der Waals surface area contributed by atoms with Crippen molar-refractivity contribution in [3.63, 3.8) is 0 Å². The predicted octanol–water partition coefficient (Wildman–Crippen LogP) is 3.12. The number of nitrogens with zero attached hydrogens (tertiary/aromatic N) is 2. The Morgan fingerprint density at radius 1 is 1.06 bits per heavy atom. The number of hydrogen-bond donors (Lipinski definition) is 2. The molecule has 1 aromatic carbocycles. The first kappa shape index (κ1) is 22.5. The summed E-state index contributed by atoms with van der Waals surface area (Å²) in [6, 6.07) is 7.93. The third-order valence-corrected chi connectivity index (χ3v) is 5.68. The molecule has 1 saturated carbocycles. The summed E-state index contributed by atoms with van der Waals surface area (Å²) in [5, 5.41) is 10.1. The fourth-order valence-electron chi connectivity index (χ4n) is 4.08. The van der Waals surface area contributed by atoms with E-state index in [0.29, 0.717) is 24.2 Å². The van der Waals surface area contributed by atoms with Crippen LogP contribution in [0.2, 0.25) is 0 Å². The van der Waals surface area contributed by atoms with E-state index in [1.165, 1.54) is 6.92 Å². The van der Waals surface area contributed by atoms with Crippen molar-refractivity contribution in [1.82, 2.24) is 15.1 Å². The molecular formula is C23H30N4O4. The van der Waals surface area contributed by atoms with E-state index in [1.54, 1.807) is 4.68 Å². The van der Waals surface area contributed by atoms with E-state index in [-0.39, 0.29) is 5.91 Å². The quantitative estimate of drug-likeness (QED) is 0.691. The Bertz CT molecular complexity index is 972. The Morgan fingerprint density at radius 2 is 1.71 bits per heavy atom. The highest BCUT2D eigenvalue weighted by atomic mass is 16.5. The molecule has 0 aliphatic heterocycles. The Morgan fingerprint density at radius 3 is 2.32 bits per heavy atom. The second-order valence-corrected chi connectivity index (χ2v) is 8.24. The topological polar surface area (TPSA) is 102 Å². The van der Waals surface area contributed by atoms with Crippen LogP contribution < -0.4 is 10.6 Å². The molecule has 1 aliphatic carbocycles. The van der Waals surface area contributed by atoms with Crippen LogP contribution in [0.3, 0.4) is 0 Å². The van der Waals surface area contributed by atoms with E-state index in [2.05, 4.69) is 15.7 Å². The van der Waals surface area contributed by atoms with Crippen molar-refractivity contribution in [2.75, 3.05) is 11.9 Å². The lowest BCUT2D eigenvalue weighted by Crippen LogP contribution is -2.56. The average Bonchev–Trinajstić information content (AvgIpc) is 3.01. The zero-order valence-corrected chi connectivity index (χ0v) is 18.6. The largest absolute Gasteiger partial charge is 0.454 e. The van der Waals surface area contributed by atoms with E-state index in [9.17, 15) is 14.4 Å². The second-order valence-electron chi connectivity index (χ2n) is 8.24. The summed E-state index contributed by atoms with van der Waals surface area (Å²) >= 11 is 0. The summed E-state index contributed by atoms with van der Waals surface area (Å²) in [6.07, 6.45) is 3.72. The van der Waals surface area contributed by atoms with Gasteiger partial charge in [0.2, 0.25) is 5.91 Å². The SMILES string of the molecule is CC(=O)NC1(C(=O)OCC(=O)Nc2c(C)nn(-c3ccc(C)cc3)c2C)CCCCC1. The number of hydrogen-bond acceptors (Lipinski definition) is 5. The fraction of sp³-hybridized carbons (Fsp3) is 0.478. The van der Waals surface area contributed by atoms with Crippen molar-refractivity contribution in [3.8, 4) is 5.69 Å². The molecule has 0 radical (unpaired) electrons. The number of carbonyl (C=O) groups excluding carboxylic acids is 3. The van der Waals surface area contributed by atoms with Crippen molar-refractivity contribution in [3.05, 3.63) is 41.2 Å². The number of ether oxygens (including phenoxy) is 1. The van der Waals surface area contributed by atoms with Gasteiger partial charge in [0.15, 0.2) is 6.61 Å². The summed E-state index contributed by atoms with van der Waals surface area (Å²) < 4.78 is 7.08. The average molecular weight is 427 g/mol. The molecule has 2 aromatic rings. The zero-order chi connectivity index (χ0) is 22.6. The van der Waals surface area contributed by atoms with E-state index in [4.69, 9.17) is 4.74 Å². The Balaban J connectivity index is 1.66. The lowest BCUT2D eigenvalue weighted by molar-refractivity contribution is -0.157. The lowest BCUT2D eigenvalue weighted by atomic mass is 9.81. The van der Waals surface area contributed by atoms with Crippen LogP contribution in [0.4, 0.5) is 5.69 Å². The molecule has 2 N–H and O–H groups in total. The molecule has 2 amide bonds. The highest BCUT2D eigenvalue weighted by Crippen LogP contribution is 2.29. The summed E-state index contributed by atoms with van der Waals surface area (Å²) in [6.45, 7) is 6.66. The maximum Gasteiger partial charge on any atom is 0.332 e. The van der Waals surface area contributed by atoms with Crippen LogP contribution >= 0.6 is 0 Å². The summed E-state index contributed by atoms with van der Waals surface area (Å²) in [5.74, 6) is -1.28. The minimum absolute atomic E-state index is 0.280. The number of anilines is 1. The molecule has 31 heavy (non-hydrogen) atoms. The van der Waals surface area contributed by atoms with Gasteiger partial charge in [-0.05, 0) is 45.7 Å². The van der Waals surface area contributed by atoms with Gasteiger partial charge in [-0.3, -0.25) is 9.59 Å². The number of benzene rings is 1. The van der Waals surface area contributed by atoms with Crippen molar-refractivity contribution >= 4 is 23.5 Å². The van der Waals surface area contributed by atoms with E-state index < -0.39 is 24.0 Å². The molecule has 3 rings (SSSR count). The van der Waals surface area contributed by atoms with Gasteiger partial charge in [0.05, 0.1) is 22.8 Å². The van der Waals surface area contributed by atoms with Crippen molar-refractivity contribution < 1.29 is 19.1 Å². The molecule has 0 spiro atoms. The number of esters is 1. The number of amides is 2. The molecule has 8 heteroatoms. The highest BCUT2D eigenvalue weighted by molar-refractivity contribution is 5.95. The molecule has 0 saturated heterocycles. The molecule has 166 valence electrons. The van der Waals surface area contributed by atoms with Crippen LogP contribution in [0.1, 0.15) is 56.0 Å².